The van der Waals surface area contributed by atoms with Crippen molar-refractivity contribution in [3.63, 3.8) is 0 Å². The van der Waals surface area contributed by atoms with Gasteiger partial charge in [0.25, 0.3) is 6.43 Å². The van der Waals surface area contributed by atoms with Crippen LogP contribution in [-0.4, -0.2) is 13.2 Å². The van der Waals surface area contributed by atoms with Gasteiger partial charge in [-0.25, -0.2) is 8.78 Å². The van der Waals surface area contributed by atoms with Crippen molar-refractivity contribution in [3.8, 4) is 11.5 Å². The highest BCUT2D eigenvalue weighted by Crippen LogP contribution is 2.34. The summed E-state index contributed by atoms with van der Waals surface area (Å²) in [5.74, 6) is 1.04. The Labute approximate surface area is 91.6 Å². The lowest BCUT2D eigenvalue weighted by atomic mass is 10.1. The smallest absolute Gasteiger partial charge is 0.257 e. The number of hydrogen-bond acceptors (Lipinski definition) is 3. The highest BCUT2D eigenvalue weighted by molar-refractivity contribution is 5.85. The van der Waals surface area contributed by atoms with Crippen LogP contribution in [-0.2, 0) is 0 Å². The topological polar surface area (TPSA) is 44.5 Å². The fraction of sp³-hybridized carbons (Fsp3) is 0.333. The molecule has 3 nitrogen and oxygen atoms in total. The van der Waals surface area contributed by atoms with Crippen LogP contribution in [0.4, 0.5) is 8.78 Å². The number of fused-ring (bicyclic) bond motifs is 1. The molecule has 0 aromatic heterocycles. The van der Waals surface area contributed by atoms with Gasteiger partial charge in [0.2, 0.25) is 6.79 Å². The van der Waals surface area contributed by atoms with Crippen molar-refractivity contribution in [2.45, 2.75) is 12.5 Å². The van der Waals surface area contributed by atoms with Gasteiger partial charge in [0.1, 0.15) is 0 Å². The number of alkyl halides is 2. The molecule has 1 atom stereocenters. The molecular weight excluding hydrogens is 228 g/mol. The predicted molar refractivity (Wildman–Crippen MR) is 52.7 cm³/mol. The maximum atomic E-state index is 12.3. The first-order valence-electron chi connectivity index (χ1n) is 4.12. The molecule has 15 heavy (non-hydrogen) atoms. The van der Waals surface area contributed by atoms with Gasteiger partial charge in [-0.15, -0.1) is 12.4 Å². The molecule has 0 unspecified atom stereocenters. The molecule has 0 amide bonds. The summed E-state index contributed by atoms with van der Waals surface area (Å²) in [6.07, 6.45) is -2.57. The van der Waals surface area contributed by atoms with Gasteiger partial charge in [-0.2, -0.15) is 0 Å². The normalized spacial score (nSPS) is 14.9. The first-order valence-corrected chi connectivity index (χ1v) is 4.12. The second-order valence-corrected chi connectivity index (χ2v) is 2.97. The Hall–Kier alpha value is -1.07. The molecule has 0 bridgehead atoms. The number of rotatable bonds is 2. The van der Waals surface area contributed by atoms with E-state index in [0.29, 0.717) is 17.1 Å². The molecule has 2 N–H and O–H groups in total. The van der Waals surface area contributed by atoms with Gasteiger partial charge >= 0.3 is 0 Å². The molecule has 0 fully saturated rings. The van der Waals surface area contributed by atoms with Crippen molar-refractivity contribution >= 4 is 12.4 Å². The van der Waals surface area contributed by atoms with Gasteiger partial charge in [0.15, 0.2) is 11.5 Å². The highest BCUT2D eigenvalue weighted by atomic mass is 35.5. The molecular formula is C9H10ClF2NO2. The Kier molecular flexibility index (Phi) is 3.71. The fourth-order valence-electron chi connectivity index (χ4n) is 1.27. The Bertz CT molecular complexity index is 349. The van der Waals surface area contributed by atoms with Crippen LogP contribution in [0.1, 0.15) is 11.6 Å². The summed E-state index contributed by atoms with van der Waals surface area (Å²) in [5, 5.41) is 0. The molecule has 1 heterocycles. The number of halogens is 3. The summed E-state index contributed by atoms with van der Waals surface area (Å²) in [4.78, 5) is 0. The van der Waals surface area contributed by atoms with Crippen molar-refractivity contribution in [1.82, 2.24) is 0 Å². The second-order valence-electron chi connectivity index (χ2n) is 2.97. The lowest BCUT2D eigenvalue weighted by Gasteiger charge is -2.10. The maximum Gasteiger partial charge on any atom is 0.257 e. The molecule has 0 aliphatic carbocycles. The quantitative estimate of drug-likeness (QED) is 0.857. The number of nitrogens with two attached hydrogens (primary N) is 1. The molecule has 0 radical (unpaired) electrons. The standard InChI is InChI=1S/C9H9F2NO2.ClH/c10-9(11)8(12)5-1-2-6-7(3-5)14-4-13-6;/h1-3,8-9H,4,12H2;1H/t8-;/m0./s1. The molecule has 0 spiro atoms. The van der Waals surface area contributed by atoms with E-state index >= 15 is 0 Å². The average Bonchev–Trinajstić information content (AvgIpc) is 2.62. The van der Waals surface area contributed by atoms with Crippen LogP contribution in [0.2, 0.25) is 0 Å². The maximum absolute atomic E-state index is 12.3. The van der Waals surface area contributed by atoms with E-state index in [4.69, 9.17) is 15.2 Å². The zero-order valence-corrected chi connectivity index (χ0v) is 8.47. The number of ether oxygens (including phenoxy) is 2. The Morgan fingerprint density at radius 2 is 1.87 bits per heavy atom. The predicted octanol–water partition coefficient (Wildman–Crippen LogP) is 2.10. The van der Waals surface area contributed by atoms with E-state index in [0.717, 1.165) is 0 Å². The van der Waals surface area contributed by atoms with E-state index in [1.807, 2.05) is 0 Å². The van der Waals surface area contributed by atoms with E-state index in [1.54, 1.807) is 6.07 Å². The zero-order valence-electron chi connectivity index (χ0n) is 7.65. The van der Waals surface area contributed by atoms with Crippen LogP contribution >= 0.6 is 12.4 Å². The van der Waals surface area contributed by atoms with Crippen LogP contribution in [0, 0.1) is 0 Å². The van der Waals surface area contributed by atoms with Gasteiger partial charge in [-0.3, -0.25) is 0 Å². The van der Waals surface area contributed by atoms with Crippen molar-refractivity contribution in [1.29, 1.82) is 0 Å². The van der Waals surface area contributed by atoms with Crippen molar-refractivity contribution in [3.05, 3.63) is 23.8 Å². The van der Waals surface area contributed by atoms with Crippen LogP contribution in [0.25, 0.3) is 0 Å². The third-order valence-corrected chi connectivity index (χ3v) is 2.05. The summed E-state index contributed by atoms with van der Waals surface area (Å²) in [7, 11) is 0. The Morgan fingerprint density at radius 3 is 2.53 bits per heavy atom. The van der Waals surface area contributed by atoms with Crippen LogP contribution in [0.15, 0.2) is 18.2 Å². The van der Waals surface area contributed by atoms with E-state index < -0.39 is 12.5 Å². The molecule has 6 heteroatoms. The van der Waals surface area contributed by atoms with Crippen LogP contribution in [0.3, 0.4) is 0 Å². The number of hydrogen-bond donors (Lipinski definition) is 1. The minimum Gasteiger partial charge on any atom is -0.454 e. The zero-order chi connectivity index (χ0) is 10.1. The van der Waals surface area contributed by atoms with Gasteiger partial charge in [-0.1, -0.05) is 6.07 Å². The van der Waals surface area contributed by atoms with E-state index in [-0.39, 0.29) is 19.2 Å². The van der Waals surface area contributed by atoms with Gasteiger partial charge in [0.05, 0.1) is 6.04 Å². The molecule has 84 valence electrons. The third kappa shape index (κ3) is 2.30. The van der Waals surface area contributed by atoms with E-state index in [9.17, 15) is 8.78 Å². The summed E-state index contributed by atoms with van der Waals surface area (Å²) >= 11 is 0. The van der Waals surface area contributed by atoms with Crippen molar-refractivity contribution < 1.29 is 18.3 Å². The van der Waals surface area contributed by atoms with Crippen LogP contribution < -0.4 is 15.2 Å². The monoisotopic (exact) mass is 237 g/mol. The molecule has 1 aromatic rings. The van der Waals surface area contributed by atoms with E-state index in [1.165, 1.54) is 12.1 Å². The minimum absolute atomic E-state index is 0. The Balaban J connectivity index is 0.00000112. The second kappa shape index (κ2) is 4.63. The highest BCUT2D eigenvalue weighted by Gasteiger charge is 2.21. The summed E-state index contributed by atoms with van der Waals surface area (Å²) in [6.45, 7) is 0.128. The minimum atomic E-state index is -2.57. The van der Waals surface area contributed by atoms with E-state index in [2.05, 4.69) is 0 Å². The van der Waals surface area contributed by atoms with Gasteiger partial charge in [0, 0.05) is 0 Å². The first-order chi connectivity index (χ1) is 6.68. The Morgan fingerprint density at radius 1 is 1.20 bits per heavy atom. The average molecular weight is 238 g/mol. The van der Waals surface area contributed by atoms with Crippen molar-refractivity contribution in [2.75, 3.05) is 6.79 Å². The summed E-state index contributed by atoms with van der Waals surface area (Å²) < 4.78 is 34.6. The van der Waals surface area contributed by atoms with Crippen molar-refractivity contribution in [2.24, 2.45) is 5.73 Å². The SMILES string of the molecule is Cl.N[C@@H](c1ccc2c(c1)OCO2)C(F)F. The molecule has 0 saturated heterocycles. The van der Waals surface area contributed by atoms with Gasteiger partial charge < -0.3 is 15.2 Å². The molecule has 2 rings (SSSR count). The lowest BCUT2D eigenvalue weighted by molar-refractivity contribution is 0.116. The third-order valence-electron chi connectivity index (χ3n) is 2.05. The summed E-state index contributed by atoms with van der Waals surface area (Å²) in [5.41, 5.74) is 5.64. The molecule has 0 saturated carbocycles. The lowest BCUT2D eigenvalue weighted by Crippen LogP contribution is -2.18. The summed E-state index contributed by atoms with van der Waals surface area (Å²) in [6, 6.07) is 3.31. The largest absolute Gasteiger partial charge is 0.454 e. The van der Waals surface area contributed by atoms with Crippen LogP contribution in [0.5, 0.6) is 11.5 Å². The number of benzene rings is 1. The fourth-order valence-corrected chi connectivity index (χ4v) is 1.27. The molecule has 1 aliphatic heterocycles. The van der Waals surface area contributed by atoms with Gasteiger partial charge in [-0.05, 0) is 17.7 Å². The first kappa shape index (κ1) is 12.0. The molecule has 1 aliphatic rings. The molecule has 1 aromatic carbocycles.